The summed E-state index contributed by atoms with van der Waals surface area (Å²) in [7, 11) is 0. The molecule has 0 N–H and O–H groups in total. The summed E-state index contributed by atoms with van der Waals surface area (Å²) in [6.07, 6.45) is 0. The number of rotatable bonds is 2. The highest BCUT2D eigenvalue weighted by Gasteiger charge is 2.07. The molecule has 0 heterocycles. The number of hydrogen-bond acceptors (Lipinski definition) is 1. The third kappa shape index (κ3) is 3.27. The van der Waals surface area contributed by atoms with Gasteiger partial charge in [0.2, 0.25) is 0 Å². The van der Waals surface area contributed by atoms with Crippen LogP contribution in [-0.4, -0.2) is 5.78 Å². The van der Waals surface area contributed by atoms with E-state index in [4.69, 9.17) is 0 Å². The van der Waals surface area contributed by atoms with Crippen LogP contribution in [0.2, 0.25) is 0 Å². The van der Waals surface area contributed by atoms with Crippen LogP contribution >= 0.6 is 0 Å². The van der Waals surface area contributed by atoms with E-state index >= 15 is 0 Å². The van der Waals surface area contributed by atoms with Crippen LogP contribution in [0.5, 0.6) is 0 Å². The van der Waals surface area contributed by atoms with E-state index in [-0.39, 0.29) is 5.78 Å². The number of carbonyl (C=O) groups is 1. The molecule has 0 radical (unpaired) electrons. The Kier molecular flexibility index (Phi) is 4.33. The van der Waals surface area contributed by atoms with Crippen LogP contribution in [0.1, 0.15) is 27.0 Å². The van der Waals surface area contributed by atoms with Crippen LogP contribution in [0.3, 0.4) is 0 Å². The van der Waals surface area contributed by atoms with E-state index in [0.717, 1.165) is 16.5 Å². The molecule has 0 amide bonds. The number of hydrogen-bond donors (Lipinski definition) is 0. The average molecular weight is 332 g/mol. The molecule has 0 fully saturated rings. The van der Waals surface area contributed by atoms with Crippen molar-refractivity contribution in [3.63, 3.8) is 0 Å². The van der Waals surface area contributed by atoms with Gasteiger partial charge >= 0.3 is 0 Å². The molecule has 0 saturated carbocycles. The van der Waals surface area contributed by atoms with E-state index in [9.17, 15) is 4.79 Å². The topological polar surface area (TPSA) is 17.1 Å². The average Bonchev–Trinajstić information content (AvgIpc) is 2.73. The van der Waals surface area contributed by atoms with Gasteiger partial charge in [-0.3, -0.25) is 4.79 Å². The molecular weight excluding hydrogens is 316 g/mol. The van der Waals surface area contributed by atoms with Crippen molar-refractivity contribution >= 4 is 16.6 Å². The highest BCUT2D eigenvalue weighted by atomic mass is 16.1. The Bertz CT molecular complexity index is 1120. The summed E-state index contributed by atoms with van der Waals surface area (Å²) in [6.45, 7) is 0. The van der Waals surface area contributed by atoms with E-state index in [1.165, 1.54) is 5.39 Å². The lowest BCUT2D eigenvalue weighted by molar-refractivity contribution is 0.103. The zero-order valence-corrected chi connectivity index (χ0v) is 14.1. The quantitative estimate of drug-likeness (QED) is 0.351. The van der Waals surface area contributed by atoms with Crippen LogP contribution in [-0.2, 0) is 0 Å². The molecule has 0 aromatic heterocycles. The Labute approximate surface area is 152 Å². The summed E-state index contributed by atoms with van der Waals surface area (Å²) in [6, 6.07) is 31.1. The Morgan fingerprint density at radius 1 is 0.577 bits per heavy atom. The minimum atomic E-state index is 0.0270. The van der Waals surface area contributed by atoms with Gasteiger partial charge in [0, 0.05) is 22.3 Å². The maximum atomic E-state index is 12.4. The Morgan fingerprint density at radius 3 is 2.04 bits per heavy atom. The van der Waals surface area contributed by atoms with Crippen LogP contribution in [0.4, 0.5) is 0 Å². The summed E-state index contributed by atoms with van der Waals surface area (Å²) in [5.41, 5.74) is 3.27. The van der Waals surface area contributed by atoms with Gasteiger partial charge in [-0.05, 0) is 41.1 Å². The van der Waals surface area contributed by atoms with Gasteiger partial charge in [0.1, 0.15) is 0 Å². The summed E-state index contributed by atoms with van der Waals surface area (Å²) >= 11 is 0. The highest BCUT2D eigenvalue weighted by Crippen LogP contribution is 2.17. The molecule has 4 aromatic carbocycles. The monoisotopic (exact) mass is 332 g/mol. The molecule has 122 valence electrons. The summed E-state index contributed by atoms with van der Waals surface area (Å²) in [5.74, 6) is 6.47. The Balaban J connectivity index is 1.61. The molecule has 0 aliphatic carbocycles. The molecule has 4 aromatic rings. The molecule has 1 nitrogen and oxygen atoms in total. The standard InChI is InChI=1S/C25H16O/c26-25(22-8-2-1-3-9-22)23-17-14-19(15-18-23)13-16-21-11-6-10-20-7-4-5-12-24(20)21/h1-12,14-15,17-18H. The lowest BCUT2D eigenvalue weighted by atomic mass is 10.0. The van der Waals surface area contributed by atoms with Crippen LogP contribution in [0.15, 0.2) is 97.1 Å². The Hall–Kier alpha value is -3.63. The minimum absolute atomic E-state index is 0.0270. The molecule has 0 spiro atoms. The van der Waals surface area contributed by atoms with E-state index in [1.807, 2.05) is 78.9 Å². The van der Waals surface area contributed by atoms with Crippen molar-refractivity contribution in [2.45, 2.75) is 0 Å². The van der Waals surface area contributed by atoms with Crippen molar-refractivity contribution < 1.29 is 4.79 Å². The van der Waals surface area contributed by atoms with Crippen molar-refractivity contribution in [1.29, 1.82) is 0 Å². The van der Waals surface area contributed by atoms with Crippen molar-refractivity contribution in [1.82, 2.24) is 0 Å². The van der Waals surface area contributed by atoms with Gasteiger partial charge in [-0.25, -0.2) is 0 Å². The maximum Gasteiger partial charge on any atom is 0.193 e. The number of benzene rings is 4. The van der Waals surface area contributed by atoms with Gasteiger partial charge < -0.3 is 0 Å². The summed E-state index contributed by atoms with van der Waals surface area (Å²) in [4.78, 5) is 12.4. The second-order valence-corrected chi connectivity index (χ2v) is 6.05. The molecule has 0 aliphatic heterocycles. The molecular formula is C25H16O. The zero-order valence-electron chi connectivity index (χ0n) is 14.1. The molecule has 26 heavy (non-hydrogen) atoms. The van der Waals surface area contributed by atoms with Gasteiger partial charge in [-0.2, -0.15) is 0 Å². The fraction of sp³-hybridized carbons (Fsp3) is 0. The normalized spacial score (nSPS) is 10.2. The summed E-state index contributed by atoms with van der Waals surface area (Å²) in [5, 5.41) is 2.33. The van der Waals surface area contributed by atoms with Crippen molar-refractivity contribution in [2.75, 3.05) is 0 Å². The minimum Gasteiger partial charge on any atom is -0.289 e. The third-order valence-electron chi connectivity index (χ3n) is 4.31. The van der Waals surface area contributed by atoms with Crippen LogP contribution < -0.4 is 0 Å². The predicted octanol–water partition coefficient (Wildman–Crippen LogP) is 5.47. The molecule has 0 atom stereocenters. The van der Waals surface area contributed by atoms with Crippen LogP contribution in [0.25, 0.3) is 10.8 Å². The fourth-order valence-electron chi connectivity index (χ4n) is 2.94. The maximum absolute atomic E-state index is 12.4. The number of ketones is 1. The Morgan fingerprint density at radius 2 is 1.23 bits per heavy atom. The SMILES string of the molecule is O=C(c1ccccc1)c1ccc(C#Cc2cccc3ccccc23)cc1. The highest BCUT2D eigenvalue weighted by molar-refractivity contribution is 6.09. The van der Waals surface area contributed by atoms with E-state index in [2.05, 4.69) is 30.0 Å². The zero-order chi connectivity index (χ0) is 17.8. The lowest BCUT2D eigenvalue weighted by Crippen LogP contribution is -2.00. The smallest absolute Gasteiger partial charge is 0.193 e. The largest absolute Gasteiger partial charge is 0.289 e. The van der Waals surface area contributed by atoms with E-state index < -0.39 is 0 Å². The first-order valence-electron chi connectivity index (χ1n) is 8.51. The van der Waals surface area contributed by atoms with Gasteiger partial charge in [0.25, 0.3) is 0 Å². The fourth-order valence-corrected chi connectivity index (χ4v) is 2.94. The van der Waals surface area contributed by atoms with E-state index in [0.29, 0.717) is 11.1 Å². The van der Waals surface area contributed by atoms with E-state index in [1.54, 1.807) is 0 Å². The van der Waals surface area contributed by atoms with Crippen molar-refractivity contribution in [3.8, 4) is 11.8 Å². The van der Waals surface area contributed by atoms with Crippen molar-refractivity contribution in [2.24, 2.45) is 0 Å². The lowest BCUT2D eigenvalue weighted by Gasteiger charge is -2.01. The molecule has 0 unspecified atom stereocenters. The second-order valence-electron chi connectivity index (χ2n) is 6.05. The number of carbonyl (C=O) groups excluding carboxylic acids is 1. The predicted molar refractivity (Wildman–Crippen MR) is 106 cm³/mol. The molecule has 0 saturated heterocycles. The molecule has 4 rings (SSSR count). The second kappa shape index (κ2) is 7.09. The first kappa shape index (κ1) is 15.9. The van der Waals surface area contributed by atoms with Gasteiger partial charge in [-0.15, -0.1) is 0 Å². The first-order chi connectivity index (χ1) is 12.8. The molecule has 1 heteroatoms. The molecule has 0 bridgehead atoms. The van der Waals surface area contributed by atoms with Crippen LogP contribution in [0, 0.1) is 11.8 Å². The summed E-state index contributed by atoms with van der Waals surface area (Å²) < 4.78 is 0. The molecule has 0 aliphatic rings. The van der Waals surface area contributed by atoms with Gasteiger partial charge in [-0.1, -0.05) is 78.6 Å². The van der Waals surface area contributed by atoms with Gasteiger partial charge in [0.05, 0.1) is 0 Å². The first-order valence-corrected chi connectivity index (χ1v) is 8.51. The van der Waals surface area contributed by atoms with Gasteiger partial charge in [0.15, 0.2) is 5.78 Å². The number of fused-ring (bicyclic) bond motifs is 1. The van der Waals surface area contributed by atoms with Crippen molar-refractivity contribution in [3.05, 3.63) is 119 Å². The third-order valence-corrected chi connectivity index (χ3v) is 4.31.